The molecule has 3 aromatic rings. The molecule has 4 rings (SSSR count). The van der Waals surface area contributed by atoms with E-state index in [9.17, 15) is 9.59 Å². The van der Waals surface area contributed by atoms with Crippen molar-refractivity contribution in [1.82, 2.24) is 4.90 Å². The fraction of sp³-hybridized carbons (Fsp3) is 0.200. The molecule has 152 valence electrons. The highest BCUT2D eigenvalue weighted by Crippen LogP contribution is 2.23. The molecular weight excluding hydrogens is 374 g/mol. The Hall–Kier alpha value is -3.60. The highest BCUT2D eigenvalue weighted by molar-refractivity contribution is 5.94. The summed E-state index contributed by atoms with van der Waals surface area (Å²) >= 11 is 0. The second-order valence-electron chi connectivity index (χ2n) is 7.51. The van der Waals surface area contributed by atoms with Crippen LogP contribution in [0.3, 0.4) is 0 Å². The third-order valence-corrected chi connectivity index (χ3v) is 5.36. The van der Waals surface area contributed by atoms with E-state index in [2.05, 4.69) is 22.8 Å². The number of amides is 3. The van der Waals surface area contributed by atoms with E-state index >= 15 is 0 Å². The van der Waals surface area contributed by atoms with Gasteiger partial charge in [-0.1, -0.05) is 60.7 Å². The number of nitrogens with one attached hydrogen (secondary N) is 2. The Kier molecular flexibility index (Phi) is 6.09. The van der Waals surface area contributed by atoms with Gasteiger partial charge < -0.3 is 15.5 Å². The average molecular weight is 399 g/mol. The van der Waals surface area contributed by atoms with Gasteiger partial charge in [0.15, 0.2) is 0 Å². The Labute approximate surface area is 176 Å². The molecule has 0 unspecified atom stereocenters. The molecular formula is C25H25N3O2. The first-order valence-electron chi connectivity index (χ1n) is 10.3. The first-order valence-corrected chi connectivity index (χ1v) is 10.3. The number of carbonyl (C=O) groups excluding carboxylic acids is 2. The second-order valence-corrected chi connectivity index (χ2v) is 7.51. The van der Waals surface area contributed by atoms with Crippen LogP contribution >= 0.6 is 0 Å². The van der Waals surface area contributed by atoms with Gasteiger partial charge in [-0.3, -0.25) is 4.79 Å². The number of piperidine rings is 1. The van der Waals surface area contributed by atoms with Gasteiger partial charge in [0.05, 0.1) is 5.92 Å². The molecule has 0 aromatic heterocycles. The third kappa shape index (κ3) is 4.87. The first kappa shape index (κ1) is 19.7. The Morgan fingerprint density at radius 1 is 0.733 bits per heavy atom. The minimum Gasteiger partial charge on any atom is -0.326 e. The molecule has 3 amide bonds. The van der Waals surface area contributed by atoms with Crippen LogP contribution in [0.1, 0.15) is 12.8 Å². The predicted octanol–water partition coefficient (Wildman–Crippen LogP) is 5.24. The van der Waals surface area contributed by atoms with Gasteiger partial charge in [0.1, 0.15) is 0 Å². The Morgan fingerprint density at radius 2 is 1.33 bits per heavy atom. The van der Waals surface area contributed by atoms with Crippen LogP contribution in [0.5, 0.6) is 0 Å². The van der Waals surface area contributed by atoms with E-state index in [1.54, 1.807) is 4.90 Å². The van der Waals surface area contributed by atoms with Crippen molar-refractivity contribution < 1.29 is 9.59 Å². The molecule has 0 radical (unpaired) electrons. The molecule has 1 aliphatic rings. The van der Waals surface area contributed by atoms with Gasteiger partial charge in [-0.15, -0.1) is 0 Å². The van der Waals surface area contributed by atoms with Crippen molar-refractivity contribution in [3.63, 3.8) is 0 Å². The molecule has 5 nitrogen and oxygen atoms in total. The van der Waals surface area contributed by atoms with Gasteiger partial charge in [0, 0.05) is 24.5 Å². The Balaban J connectivity index is 1.34. The summed E-state index contributed by atoms with van der Waals surface area (Å²) < 4.78 is 0. The predicted molar refractivity (Wildman–Crippen MR) is 120 cm³/mol. The smallest absolute Gasteiger partial charge is 0.321 e. The fourth-order valence-electron chi connectivity index (χ4n) is 3.72. The van der Waals surface area contributed by atoms with E-state index < -0.39 is 0 Å². The number of urea groups is 1. The summed E-state index contributed by atoms with van der Waals surface area (Å²) in [5, 5.41) is 5.90. The maximum Gasteiger partial charge on any atom is 0.321 e. The number of carbonyl (C=O) groups is 2. The lowest BCUT2D eigenvalue weighted by molar-refractivity contribution is -0.121. The van der Waals surface area contributed by atoms with E-state index in [-0.39, 0.29) is 17.9 Å². The lowest BCUT2D eigenvalue weighted by Gasteiger charge is -2.32. The van der Waals surface area contributed by atoms with Crippen molar-refractivity contribution in [3.8, 4) is 11.1 Å². The van der Waals surface area contributed by atoms with Gasteiger partial charge >= 0.3 is 6.03 Å². The minimum absolute atomic E-state index is 0.0420. The molecule has 1 saturated heterocycles. The van der Waals surface area contributed by atoms with Crippen LogP contribution < -0.4 is 10.6 Å². The summed E-state index contributed by atoms with van der Waals surface area (Å²) in [6.45, 7) is 1.08. The van der Waals surface area contributed by atoms with E-state index in [0.29, 0.717) is 13.1 Å². The van der Waals surface area contributed by atoms with Crippen molar-refractivity contribution in [3.05, 3.63) is 84.9 Å². The van der Waals surface area contributed by atoms with Crippen LogP contribution in [-0.4, -0.2) is 29.9 Å². The number of nitrogens with zero attached hydrogens (tertiary/aromatic N) is 1. The van der Waals surface area contributed by atoms with E-state index in [1.165, 1.54) is 0 Å². The van der Waals surface area contributed by atoms with Crippen LogP contribution in [0.25, 0.3) is 11.1 Å². The molecule has 0 aliphatic carbocycles. The largest absolute Gasteiger partial charge is 0.326 e. The molecule has 2 N–H and O–H groups in total. The number of anilines is 2. The molecule has 1 aliphatic heterocycles. The molecule has 1 atom stereocenters. The van der Waals surface area contributed by atoms with Crippen LogP contribution in [0, 0.1) is 5.92 Å². The quantitative estimate of drug-likeness (QED) is 0.630. The van der Waals surface area contributed by atoms with Crippen LogP contribution in [0.4, 0.5) is 16.2 Å². The van der Waals surface area contributed by atoms with E-state index in [1.807, 2.05) is 72.8 Å². The van der Waals surface area contributed by atoms with Crippen molar-refractivity contribution >= 4 is 23.3 Å². The van der Waals surface area contributed by atoms with Crippen molar-refractivity contribution in [2.45, 2.75) is 12.8 Å². The van der Waals surface area contributed by atoms with Crippen molar-refractivity contribution in [1.29, 1.82) is 0 Å². The van der Waals surface area contributed by atoms with E-state index in [0.717, 1.165) is 35.3 Å². The molecule has 30 heavy (non-hydrogen) atoms. The van der Waals surface area contributed by atoms with Crippen molar-refractivity contribution in [2.24, 2.45) is 5.92 Å². The third-order valence-electron chi connectivity index (χ3n) is 5.36. The molecule has 0 spiro atoms. The summed E-state index contributed by atoms with van der Waals surface area (Å²) in [5.41, 5.74) is 3.77. The monoisotopic (exact) mass is 399 g/mol. The normalized spacial score (nSPS) is 16.0. The summed E-state index contributed by atoms with van der Waals surface area (Å²) in [7, 11) is 0. The number of benzene rings is 3. The molecule has 3 aromatic carbocycles. The topological polar surface area (TPSA) is 61.4 Å². The van der Waals surface area contributed by atoms with Gasteiger partial charge in [-0.05, 0) is 48.2 Å². The molecule has 0 bridgehead atoms. The number of hydrogen-bond acceptors (Lipinski definition) is 2. The van der Waals surface area contributed by atoms with Gasteiger partial charge in [-0.2, -0.15) is 0 Å². The zero-order chi connectivity index (χ0) is 20.8. The summed E-state index contributed by atoms with van der Waals surface area (Å²) in [6.07, 6.45) is 1.59. The van der Waals surface area contributed by atoms with Gasteiger partial charge in [-0.25, -0.2) is 4.79 Å². The average Bonchev–Trinajstić information content (AvgIpc) is 2.81. The highest BCUT2D eigenvalue weighted by atomic mass is 16.2. The maximum absolute atomic E-state index is 12.8. The maximum atomic E-state index is 12.8. The lowest BCUT2D eigenvalue weighted by Crippen LogP contribution is -2.45. The van der Waals surface area contributed by atoms with Gasteiger partial charge in [0.25, 0.3) is 0 Å². The van der Waals surface area contributed by atoms with Gasteiger partial charge in [0.2, 0.25) is 5.91 Å². The summed E-state index contributed by atoms with van der Waals surface area (Å²) in [6, 6.07) is 27.2. The molecule has 0 saturated carbocycles. The summed E-state index contributed by atoms with van der Waals surface area (Å²) in [4.78, 5) is 27.1. The minimum atomic E-state index is -0.214. The van der Waals surface area contributed by atoms with Crippen LogP contribution in [0.15, 0.2) is 84.9 Å². The number of rotatable bonds is 4. The first-order chi connectivity index (χ1) is 14.7. The molecule has 5 heteroatoms. The Morgan fingerprint density at radius 3 is 2.03 bits per heavy atom. The standard InChI is InChI=1S/C25H25N3O2/c29-24(26-23-15-13-20(14-16-23)19-8-3-1-4-9-19)21-10-7-17-28(18-21)25(30)27-22-11-5-2-6-12-22/h1-6,8-9,11-16,21H,7,10,17-18H2,(H,26,29)(H,27,30)/t21-/m0/s1. The second kappa shape index (κ2) is 9.27. The molecule has 1 heterocycles. The number of likely N-dealkylation sites (tertiary alicyclic amines) is 1. The fourth-order valence-corrected chi connectivity index (χ4v) is 3.72. The summed E-state index contributed by atoms with van der Waals surface area (Å²) in [5.74, 6) is -0.256. The van der Waals surface area contributed by atoms with Crippen LogP contribution in [-0.2, 0) is 4.79 Å². The van der Waals surface area contributed by atoms with E-state index in [4.69, 9.17) is 0 Å². The highest BCUT2D eigenvalue weighted by Gasteiger charge is 2.28. The number of para-hydroxylation sites is 1. The lowest BCUT2D eigenvalue weighted by atomic mass is 9.97. The van der Waals surface area contributed by atoms with Crippen LogP contribution in [0.2, 0.25) is 0 Å². The number of hydrogen-bond donors (Lipinski definition) is 2. The molecule has 1 fully saturated rings. The van der Waals surface area contributed by atoms with Crippen molar-refractivity contribution in [2.75, 3.05) is 23.7 Å². The zero-order valence-electron chi connectivity index (χ0n) is 16.8. The Bertz CT molecular complexity index is 988. The zero-order valence-corrected chi connectivity index (χ0v) is 16.8. The SMILES string of the molecule is O=C(Nc1ccc(-c2ccccc2)cc1)[C@H]1CCCN(C(=O)Nc2ccccc2)C1.